The molecule has 1 aliphatic carbocycles. The zero-order valence-electron chi connectivity index (χ0n) is 16.9. The predicted molar refractivity (Wildman–Crippen MR) is 105 cm³/mol. The molecule has 1 saturated carbocycles. The van der Waals surface area contributed by atoms with E-state index in [0.29, 0.717) is 38.4 Å². The van der Waals surface area contributed by atoms with E-state index < -0.39 is 0 Å². The number of carbonyl (C=O) groups excluding carboxylic acids is 2. The van der Waals surface area contributed by atoms with Gasteiger partial charge in [-0.05, 0) is 39.0 Å². The monoisotopic (exact) mass is 374 g/mol. The molecule has 1 aromatic heterocycles. The standard InChI is InChI=1S/C21H34N4O2/c1-3-23(14-18-12-22-25(4-2)15-18)21(27)19-10-11-20(26)24(16-19)13-17-8-6-5-7-9-17/h12,15,17,19H,3-11,13-14,16H2,1-2H3/t19-/m0/s1. The first-order chi connectivity index (χ1) is 13.1. The Hall–Kier alpha value is -1.85. The highest BCUT2D eigenvalue weighted by Gasteiger charge is 2.33. The van der Waals surface area contributed by atoms with Gasteiger partial charge in [-0.15, -0.1) is 0 Å². The van der Waals surface area contributed by atoms with Crippen LogP contribution in [0.3, 0.4) is 0 Å². The van der Waals surface area contributed by atoms with E-state index in [4.69, 9.17) is 0 Å². The van der Waals surface area contributed by atoms with E-state index >= 15 is 0 Å². The molecule has 27 heavy (non-hydrogen) atoms. The maximum Gasteiger partial charge on any atom is 0.227 e. The molecule has 6 heteroatoms. The molecule has 1 atom stereocenters. The lowest BCUT2D eigenvalue weighted by molar-refractivity contribution is -0.144. The maximum absolute atomic E-state index is 13.1. The fourth-order valence-electron chi connectivity index (χ4n) is 4.46. The maximum atomic E-state index is 13.1. The SMILES string of the molecule is CCN(Cc1cnn(CC)c1)C(=O)[C@H]1CCC(=O)N(CC2CCCCC2)C1. The van der Waals surface area contributed by atoms with Gasteiger partial charge < -0.3 is 9.80 Å². The van der Waals surface area contributed by atoms with Gasteiger partial charge in [0.05, 0.1) is 12.1 Å². The second-order valence-electron chi connectivity index (χ2n) is 8.10. The Morgan fingerprint density at radius 1 is 1.22 bits per heavy atom. The summed E-state index contributed by atoms with van der Waals surface area (Å²) in [4.78, 5) is 29.4. The highest BCUT2D eigenvalue weighted by atomic mass is 16.2. The lowest BCUT2D eigenvalue weighted by Gasteiger charge is -2.37. The van der Waals surface area contributed by atoms with Gasteiger partial charge in [0.1, 0.15) is 0 Å². The summed E-state index contributed by atoms with van der Waals surface area (Å²) in [5, 5.41) is 4.31. The van der Waals surface area contributed by atoms with Crippen molar-refractivity contribution in [2.45, 2.75) is 71.9 Å². The van der Waals surface area contributed by atoms with Crippen LogP contribution >= 0.6 is 0 Å². The minimum absolute atomic E-state index is 0.0625. The van der Waals surface area contributed by atoms with Crippen molar-refractivity contribution in [3.05, 3.63) is 18.0 Å². The third-order valence-electron chi connectivity index (χ3n) is 6.13. The Morgan fingerprint density at radius 3 is 2.67 bits per heavy atom. The van der Waals surface area contributed by atoms with E-state index in [0.717, 1.165) is 18.7 Å². The summed E-state index contributed by atoms with van der Waals surface area (Å²) in [6.07, 6.45) is 11.4. The zero-order valence-corrected chi connectivity index (χ0v) is 16.9. The van der Waals surface area contributed by atoms with Crippen molar-refractivity contribution in [1.29, 1.82) is 0 Å². The van der Waals surface area contributed by atoms with E-state index in [1.807, 2.05) is 33.8 Å². The molecule has 2 aliphatic rings. The van der Waals surface area contributed by atoms with Gasteiger partial charge in [0.2, 0.25) is 11.8 Å². The average Bonchev–Trinajstić information content (AvgIpc) is 3.16. The van der Waals surface area contributed by atoms with Crippen LogP contribution in [0.5, 0.6) is 0 Å². The molecule has 0 bridgehead atoms. The molecule has 0 radical (unpaired) electrons. The van der Waals surface area contributed by atoms with Gasteiger partial charge in [-0.2, -0.15) is 5.10 Å². The normalized spacial score (nSPS) is 21.5. The molecular formula is C21H34N4O2. The smallest absolute Gasteiger partial charge is 0.227 e. The van der Waals surface area contributed by atoms with Crippen LogP contribution in [-0.4, -0.2) is 51.0 Å². The second kappa shape index (κ2) is 9.38. The number of hydrogen-bond donors (Lipinski definition) is 0. The lowest BCUT2D eigenvalue weighted by Crippen LogP contribution is -2.48. The van der Waals surface area contributed by atoms with Gasteiger partial charge >= 0.3 is 0 Å². The van der Waals surface area contributed by atoms with Crippen LogP contribution in [-0.2, 0) is 22.7 Å². The first kappa shape index (κ1) is 19.9. The fraction of sp³-hybridized carbons (Fsp3) is 0.762. The van der Waals surface area contributed by atoms with Gasteiger partial charge in [-0.1, -0.05) is 19.3 Å². The zero-order chi connectivity index (χ0) is 19.2. The molecule has 0 aromatic carbocycles. The van der Waals surface area contributed by atoms with Crippen LogP contribution in [0.2, 0.25) is 0 Å². The number of aryl methyl sites for hydroxylation is 1. The number of piperidine rings is 1. The van der Waals surface area contributed by atoms with E-state index in [2.05, 4.69) is 12.0 Å². The lowest BCUT2D eigenvalue weighted by atomic mass is 9.87. The molecule has 0 unspecified atom stereocenters. The Balaban J connectivity index is 1.59. The van der Waals surface area contributed by atoms with Crippen LogP contribution < -0.4 is 0 Å². The van der Waals surface area contributed by atoms with E-state index in [1.165, 1.54) is 32.1 Å². The quantitative estimate of drug-likeness (QED) is 0.737. The van der Waals surface area contributed by atoms with Crippen LogP contribution in [0.1, 0.15) is 64.4 Å². The predicted octanol–water partition coefficient (Wildman–Crippen LogP) is 3.07. The molecule has 1 aliphatic heterocycles. The number of hydrogen-bond acceptors (Lipinski definition) is 3. The average molecular weight is 375 g/mol. The van der Waals surface area contributed by atoms with Gasteiger partial charge in [0.25, 0.3) is 0 Å². The van der Waals surface area contributed by atoms with Crippen molar-refractivity contribution < 1.29 is 9.59 Å². The summed E-state index contributed by atoms with van der Waals surface area (Å²) in [6.45, 7) is 7.64. The van der Waals surface area contributed by atoms with Gasteiger partial charge in [0.15, 0.2) is 0 Å². The van der Waals surface area contributed by atoms with Gasteiger partial charge in [-0.25, -0.2) is 0 Å². The third-order valence-corrected chi connectivity index (χ3v) is 6.13. The molecule has 2 fully saturated rings. The highest BCUT2D eigenvalue weighted by Crippen LogP contribution is 2.27. The topological polar surface area (TPSA) is 58.4 Å². The highest BCUT2D eigenvalue weighted by molar-refractivity contribution is 5.83. The largest absolute Gasteiger partial charge is 0.342 e. The van der Waals surface area contributed by atoms with Crippen molar-refractivity contribution in [1.82, 2.24) is 19.6 Å². The van der Waals surface area contributed by atoms with Crippen molar-refractivity contribution in [2.75, 3.05) is 19.6 Å². The van der Waals surface area contributed by atoms with Crippen LogP contribution in [0.15, 0.2) is 12.4 Å². The number of aromatic nitrogens is 2. The summed E-state index contributed by atoms with van der Waals surface area (Å²) in [5.41, 5.74) is 1.07. The first-order valence-electron chi connectivity index (χ1n) is 10.7. The molecule has 150 valence electrons. The Morgan fingerprint density at radius 2 is 2.00 bits per heavy atom. The van der Waals surface area contributed by atoms with Crippen LogP contribution in [0.4, 0.5) is 0 Å². The Labute approximate surface area is 162 Å². The van der Waals surface area contributed by atoms with Gasteiger partial charge in [-0.3, -0.25) is 14.3 Å². The molecule has 1 saturated heterocycles. The molecule has 3 rings (SSSR count). The minimum Gasteiger partial charge on any atom is -0.342 e. The molecule has 2 heterocycles. The molecule has 1 aromatic rings. The number of likely N-dealkylation sites (tertiary alicyclic amines) is 1. The Bertz CT molecular complexity index is 636. The summed E-state index contributed by atoms with van der Waals surface area (Å²) in [7, 11) is 0. The first-order valence-corrected chi connectivity index (χ1v) is 10.7. The summed E-state index contributed by atoms with van der Waals surface area (Å²) in [5.74, 6) is 0.978. The number of carbonyl (C=O) groups is 2. The molecule has 2 amide bonds. The number of rotatable bonds is 7. The van der Waals surface area contributed by atoms with Gasteiger partial charge in [0, 0.05) is 50.9 Å². The van der Waals surface area contributed by atoms with Crippen LogP contribution in [0.25, 0.3) is 0 Å². The third kappa shape index (κ3) is 5.11. The summed E-state index contributed by atoms with van der Waals surface area (Å²) < 4.78 is 1.89. The number of amides is 2. The van der Waals surface area contributed by atoms with Crippen molar-refractivity contribution in [3.63, 3.8) is 0 Å². The van der Waals surface area contributed by atoms with Crippen LogP contribution in [0, 0.1) is 11.8 Å². The molecule has 0 spiro atoms. The van der Waals surface area contributed by atoms with Crippen molar-refractivity contribution in [2.24, 2.45) is 11.8 Å². The molecule has 0 N–H and O–H groups in total. The summed E-state index contributed by atoms with van der Waals surface area (Å²) in [6, 6.07) is 0. The summed E-state index contributed by atoms with van der Waals surface area (Å²) >= 11 is 0. The molecule has 6 nitrogen and oxygen atoms in total. The van der Waals surface area contributed by atoms with E-state index in [9.17, 15) is 9.59 Å². The molecular weight excluding hydrogens is 340 g/mol. The second-order valence-corrected chi connectivity index (χ2v) is 8.10. The van der Waals surface area contributed by atoms with E-state index in [-0.39, 0.29) is 17.7 Å². The fourth-order valence-corrected chi connectivity index (χ4v) is 4.46. The van der Waals surface area contributed by atoms with Crippen molar-refractivity contribution >= 4 is 11.8 Å². The minimum atomic E-state index is -0.0625. The number of nitrogens with zero attached hydrogens (tertiary/aromatic N) is 4. The van der Waals surface area contributed by atoms with E-state index in [1.54, 1.807) is 0 Å². The Kier molecular flexibility index (Phi) is 6.91. The van der Waals surface area contributed by atoms with Crippen molar-refractivity contribution in [3.8, 4) is 0 Å².